The van der Waals surface area contributed by atoms with Gasteiger partial charge in [0.15, 0.2) is 0 Å². The van der Waals surface area contributed by atoms with Crippen LogP contribution < -0.4 is 5.32 Å². The fourth-order valence-corrected chi connectivity index (χ4v) is 3.90. The minimum atomic E-state index is -1.08. The van der Waals surface area contributed by atoms with Crippen molar-refractivity contribution >= 4 is 6.09 Å². The third-order valence-corrected chi connectivity index (χ3v) is 5.43. The molecule has 4 heteroatoms. The predicted octanol–water partition coefficient (Wildman–Crippen LogP) is 5.73. The SMILES string of the molecule is CCCc1ccc(-c2cc3c(cc2F)C(NC(=O)O)C(C)(C)CC3)cc1. The van der Waals surface area contributed by atoms with E-state index in [1.54, 1.807) is 0 Å². The first kappa shape index (κ1) is 18.4. The summed E-state index contributed by atoms with van der Waals surface area (Å²) >= 11 is 0. The number of aryl methyl sites for hydroxylation is 2. The zero-order valence-electron chi connectivity index (χ0n) is 15.6. The Balaban J connectivity index is 2.00. The molecule has 2 aromatic carbocycles. The van der Waals surface area contributed by atoms with Crippen LogP contribution in [0.2, 0.25) is 0 Å². The number of hydrogen-bond acceptors (Lipinski definition) is 1. The molecule has 2 N–H and O–H groups in total. The standard InChI is InChI=1S/C22H26FNO2/c1-4-5-14-6-8-15(9-7-14)17-12-16-10-11-22(2,3)20(24-21(25)26)18(16)13-19(17)23/h6-9,12-13,20,24H,4-5,10-11H2,1-3H3,(H,25,26). The molecule has 0 bridgehead atoms. The summed E-state index contributed by atoms with van der Waals surface area (Å²) in [6.45, 7) is 6.18. The molecule has 1 aliphatic carbocycles. The van der Waals surface area contributed by atoms with E-state index in [-0.39, 0.29) is 11.2 Å². The van der Waals surface area contributed by atoms with Gasteiger partial charge in [-0.2, -0.15) is 0 Å². The number of nitrogens with one attached hydrogen (secondary N) is 1. The van der Waals surface area contributed by atoms with E-state index in [1.807, 2.05) is 32.0 Å². The van der Waals surface area contributed by atoms with Gasteiger partial charge in [0.05, 0.1) is 6.04 Å². The maximum atomic E-state index is 14.9. The molecular weight excluding hydrogens is 329 g/mol. The molecule has 1 amide bonds. The molecule has 3 nitrogen and oxygen atoms in total. The third-order valence-electron chi connectivity index (χ3n) is 5.43. The summed E-state index contributed by atoms with van der Waals surface area (Å²) in [5.74, 6) is -0.304. The summed E-state index contributed by atoms with van der Waals surface area (Å²) in [4.78, 5) is 11.2. The lowest BCUT2D eigenvalue weighted by Crippen LogP contribution is -2.40. The van der Waals surface area contributed by atoms with Gasteiger partial charge in [0, 0.05) is 5.56 Å². The molecule has 138 valence electrons. The van der Waals surface area contributed by atoms with Gasteiger partial charge in [-0.25, -0.2) is 9.18 Å². The maximum absolute atomic E-state index is 14.9. The molecule has 1 atom stereocenters. The van der Waals surface area contributed by atoms with Crippen LogP contribution in [0.15, 0.2) is 36.4 Å². The number of carbonyl (C=O) groups is 1. The largest absolute Gasteiger partial charge is 0.465 e. The molecule has 3 rings (SSSR count). The highest BCUT2D eigenvalue weighted by atomic mass is 19.1. The number of hydrogen-bond donors (Lipinski definition) is 2. The summed E-state index contributed by atoms with van der Waals surface area (Å²) in [5, 5.41) is 11.8. The van der Waals surface area contributed by atoms with E-state index >= 15 is 0 Å². The highest BCUT2D eigenvalue weighted by molar-refractivity contribution is 5.68. The number of carboxylic acid groups (broad SMARTS) is 1. The van der Waals surface area contributed by atoms with Gasteiger partial charge >= 0.3 is 6.09 Å². The van der Waals surface area contributed by atoms with E-state index in [4.69, 9.17) is 0 Å². The number of fused-ring (bicyclic) bond motifs is 1. The lowest BCUT2D eigenvalue weighted by molar-refractivity contribution is 0.161. The van der Waals surface area contributed by atoms with E-state index in [2.05, 4.69) is 24.4 Å². The fourth-order valence-electron chi connectivity index (χ4n) is 3.90. The Morgan fingerprint density at radius 2 is 1.96 bits per heavy atom. The van der Waals surface area contributed by atoms with Gasteiger partial charge in [-0.3, -0.25) is 0 Å². The molecule has 0 fully saturated rings. The molecule has 0 saturated heterocycles. The van der Waals surface area contributed by atoms with Crippen LogP contribution in [0.25, 0.3) is 11.1 Å². The van der Waals surface area contributed by atoms with Crippen LogP contribution in [0.5, 0.6) is 0 Å². The lowest BCUT2D eigenvalue weighted by atomic mass is 9.70. The Kier molecular flexibility index (Phi) is 5.03. The van der Waals surface area contributed by atoms with Gasteiger partial charge in [-0.1, -0.05) is 51.5 Å². The number of rotatable bonds is 4. The zero-order chi connectivity index (χ0) is 18.9. The van der Waals surface area contributed by atoms with E-state index in [1.165, 1.54) is 11.6 Å². The molecule has 1 unspecified atom stereocenters. The summed E-state index contributed by atoms with van der Waals surface area (Å²) in [5.41, 5.74) is 4.23. The fraction of sp³-hybridized carbons (Fsp3) is 0.409. The molecule has 2 aromatic rings. The van der Waals surface area contributed by atoms with Crippen molar-refractivity contribution in [3.8, 4) is 11.1 Å². The molecular formula is C22H26FNO2. The maximum Gasteiger partial charge on any atom is 0.405 e. The van der Waals surface area contributed by atoms with Crippen molar-refractivity contribution in [3.05, 3.63) is 58.9 Å². The minimum Gasteiger partial charge on any atom is -0.465 e. The second-order valence-corrected chi connectivity index (χ2v) is 7.85. The molecule has 0 radical (unpaired) electrons. The van der Waals surface area contributed by atoms with Crippen molar-refractivity contribution in [2.75, 3.05) is 0 Å². The summed E-state index contributed by atoms with van der Waals surface area (Å²) < 4.78 is 14.9. The molecule has 0 spiro atoms. The summed E-state index contributed by atoms with van der Waals surface area (Å²) in [7, 11) is 0. The predicted molar refractivity (Wildman–Crippen MR) is 102 cm³/mol. The topological polar surface area (TPSA) is 49.3 Å². The quantitative estimate of drug-likeness (QED) is 0.736. The minimum absolute atomic E-state index is 0.249. The Labute approximate surface area is 154 Å². The van der Waals surface area contributed by atoms with Gasteiger partial charge < -0.3 is 10.4 Å². The number of amides is 1. The molecule has 0 aromatic heterocycles. The zero-order valence-corrected chi connectivity index (χ0v) is 15.6. The molecule has 0 aliphatic heterocycles. The van der Waals surface area contributed by atoms with E-state index < -0.39 is 12.1 Å². The Morgan fingerprint density at radius 3 is 2.58 bits per heavy atom. The van der Waals surface area contributed by atoms with Crippen LogP contribution in [0.1, 0.15) is 56.3 Å². The molecule has 26 heavy (non-hydrogen) atoms. The van der Waals surface area contributed by atoms with E-state index in [0.717, 1.165) is 42.4 Å². The van der Waals surface area contributed by atoms with Crippen molar-refractivity contribution in [2.45, 2.75) is 52.5 Å². The third kappa shape index (κ3) is 3.59. The van der Waals surface area contributed by atoms with Gasteiger partial charge in [0.2, 0.25) is 0 Å². The average Bonchev–Trinajstić information content (AvgIpc) is 2.58. The van der Waals surface area contributed by atoms with Gasteiger partial charge in [-0.05, 0) is 59.1 Å². The van der Waals surface area contributed by atoms with Crippen LogP contribution in [-0.2, 0) is 12.8 Å². The van der Waals surface area contributed by atoms with Crippen LogP contribution in [-0.4, -0.2) is 11.2 Å². The lowest BCUT2D eigenvalue weighted by Gasteiger charge is -2.40. The van der Waals surface area contributed by atoms with Crippen LogP contribution in [0, 0.1) is 11.2 Å². The highest BCUT2D eigenvalue weighted by Crippen LogP contribution is 2.45. The van der Waals surface area contributed by atoms with Crippen LogP contribution in [0.4, 0.5) is 9.18 Å². The monoisotopic (exact) mass is 355 g/mol. The highest BCUT2D eigenvalue weighted by Gasteiger charge is 2.37. The summed E-state index contributed by atoms with van der Waals surface area (Å²) in [6.07, 6.45) is 2.70. The Morgan fingerprint density at radius 1 is 1.27 bits per heavy atom. The Bertz CT molecular complexity index is 812. The van der Waals surface area contributed by atoms with Crippen molar-refractivity contribution in [3.63, 3.8) is 0 Å². The first-order valence-electron chi connectivity index (χ1n) is 9.23. The van der Waals surface area contributed by atoms with E-state index in [9.17, 15) is 14.3 Å². The van der Waals surface area contributed by atoms with Gasteiger partial charge in [0.1, 0.15) is 5.82 Å². The normalized spacial score (nSPS) is 18.2. The van der Waals surface area contributed by atoms with Crippen molar-refractivity contribution in [1.29, 1.82) is 0 Å². The van der Waals surface area contributed by atoms with Crippen molar-refractivity contribution < 1.29 is 14.3 Å². The second kappa shape index (κ2) is 7.10. The number of halogens is 1. The summed E-state index contributed by atoms with van der Waals surface area (Å²) in [6, 6.07) is 11.0. The molecule has 0 saturated carbocycles. The van der Waals surface area contributed by atoms with Crippen molar-refractivity contribution in [1.82, 2.24) is 5.32 Å². The number of benzene rings is 2. The molecule has 1 aliphatic rings. The van der Waals surface area contributed by atoms with E-state index in [0.29, 0.717) is 5.56 Å². The van der Waals surface area contributed by atoms with Crippen LogP contribution in [0.3, 0.4) is 0 Å². The van der Waals surface area contributed by atoms with Crippen LogP contribution >= 0.6 is 0 Å². The Hall–Kier alpha value is -2.36. The first-order valence-corrected chi connectivity index (χ1v) is 9.23. The van der Waals surface area contributed by atoms with Crippen molar-refractivity contribution in [2.24, 2.45) is 5.41 Å². The second-order valence-electron chi connectivity index (χ2n) is 7.85. The average molecular weight is 355 g/mol. The smallest absolute Gasteiger partial charge is 0.405 e. The van der Waals surface area contributed by atoms with Gasteiger partial charge in [-0.15, -0.1) is 0 Å². The van der Waals surface area contributed by atoms with Gasteiger partial charge in [0.25, 0.3) is 0 Å². The molecule has 0 heterocycles. The first-order chi connectivity index (χ1) is 12.3.